The molecule has 0 bridgehead atoms. The normalized spacial score (nSPS) is 49.3. The summed E-state index contributed by atoms with van der Waals surface area (Å²) < 4.78 is 11.6. The maximum atomic E-state index is 13.2. The van der Waals surface area contributed by atoms with Gasteiger partial charge in [-0.25, -0.2) is 0 Å². The summed E-state index contributed by atoms with van der Waals surface area (Å²) >= 11 is 0. The van der Waals surface area contributed by atoms with Crippen LogP contribution in [-0.4, -0.2) is 46.6 Å². The fourth-order valence-corrected chi connectivity index (χ4v) is 7.94. The van der Waals surface area contributed by atoms with E-state index in [1.54, 1.807) is 19.1 Å². The Hall–Kier alpha value is -1.79. The van der Waals surface area contributed by atoms with E-state index in [1.807, 2.05) is 19.9 Å². The Morgan fingerprint density at radius 1 is 1.29 bits per heavy atom. The monoisotopic (exact) mass is 428 g/mol. The van der Waals surface area contributed by atoms with E-state index < -0.39 is 22.8 Å². The van der Waals surface area contributed by atoms with Gasteiger partial charge in [-0.15, -0.1) is 0 Å². The number of fused-ring (bicyclic) bond motifs is 3. The highest BCUT2D eigenvalue weighted by Crippen LogP contribution is 2.76. The third-order valence-corrected chi connectivity index (χ3v) is 9.59. The number of hydrogen-bond donors (Lipinski definition) is 1. The molecule has 5 rings (SSSR count). The Bertz CT molecular complexity index is 934. The van der Waals surface area contributed by atoms with E-state index >= 15 is 0 Å². The first kappa shape index (κ1) is 21.1. The molecule has 1 saturated heterocycles. The zero-order valence-electron chi connectivity index (χ0n) is 18.8. The molecule has 168 valence electrons. The topological polar surface area (TPSA) is 93.2 Å². The SMILES string of the molecule is CCC(=O)OCC(=O)[C@@]1(O)[C@@H](C)C[C@H]2[C@@H]3CCC4=CC(=O)C=C[C@]4(C)[C@@]34O[C@H]4C[C@@]21C. The van der Waals surface area contributed by atoms with Crippen molar-refractivity contribution >= 4 is 17.5 Å². The molecule has 3 saturated carbocycles. The lowest BCUT2D eigenvalue weighted by Gasteiger charge is -2.55. The summed E-state index contributed by atoms with van der Waals surface area (Å²) in [6.45, 7) is 7.45. The van der Waals surface area contributed by atoms with Gasteiger partial charge in [-0.05, 0) is 62.5 Å². The van der Waals surface area contributed by atoms with Crippen molar-refractivity contribution in [2.75, 3.05) is 6.61 Å². The molecule has 6 heteroatoms. The third kappa shape index (κ3) is 2.38. The molecule has 4 aliphatic carbocycles. The summed E-state index contributed by atoms with van der Waals surface area (Å²) in [5.41, 5.74) is -1.71. The summed E-state index contributed by atoms with van der Waals surface area (Å²) in [6.07, 6.45) is 8.65. The van der Waals surface area contributed by atoms with Gasteiger partial charge in [0.05, 0.1) is 6.10 Å². The van der Waals surface area contributed by atoms with E-state index in [0.29, 0.717) is 6.42 Å². The molecule has 0 radical (unpaired) electrons. The van der Waals surface area contributed by atoms with Crippen molar-refractivity contribution in [3.63, 3.8) is 0 Å². The minimum absolute atomic E-state index is 0.0382. The second kappa shape index (κ2) is 6.38. The second-order valence-electron chi connectivity index (χ2n) is 10.7. The van der Waals surface area contributed by atoms with Gasteiger partial charge in [-0.2, -0.15) is 0 Å². The first-order chi connectivity index (χ1) is 14.5. The van der Waals surface area contributed by atoms with Crippen LogP contribution in [-0.2, 0) is 23.9 Å². The van der Waals surface area contributed by atoms with Crippen LogP contribution in [0.3, 0.4) is 0 Å². The number of aliphatic hydroxyl groups is 1. The number of epoxide rings is 1. The highest BCUT2D eigenvalue weighted by Gasteiger charge is 2.82. The first-order valence-corrected chi connectivity index (χ1v) is 11.6. The Kier molecular flexibility index (Phi) is 4.34. The molecule has 5 aliphatic rings. The number of hydrogen-bond acceptors (Lipinski definition) is 6. The van der Waals surface area contributed by atoms with Gasteiger partial charge in [0.15, 0.2) is 12.4 Å². The Balaban J connectivity index is 1.49. The maximum absolute atomic E-state index is 13.2. The quantitative estimate of drug-likeness (QED) is 0.547. The number of ether oxygens (including phenoxy) is 2. The number of ketones is 2. The van der Waals surface area contributed by atoms with E-state index in [0.717, 1.165) is 24.8 Å². The lowest BCUT2D eigenvalue weighted by molar-refractivity contribution is -0.171. The molecule has 31 heavy (non-hydrogen) atoms. The van der Waals surface area contributed by atoms with Gasteiger partial charge >= 0.3 is 5.97 Å². The molecule has 0 amide bonds. The van der Waals surface area contributed by atoms with Crippen LogP contribution in [0.15, 0.2) is 23.8 Å². The molecule has 1 N–H and O–H groups in total. The lowest BCUT2D eigenvalue weighted by Crippen LogP contribution is -2.62. The fraction of sp³-hybridized carbons (Fsp3) is 0.720. The van der Waals surface area contributed by atoms with E-state index in [4.69, 9.17) is 9.47 Å². The van der Waals surface area contributed by atoms with Gasteiger partial charge in [0, 0.05) is 17.3 Å². The highest BCUT2D eigenvalue weighted by atomic mass is 16.6. The molecule has 8 atom stereocenters. The number of carbonyl (C=O) groups is 3. The van der Waals surface area contributed by atoms with E-state index in [9.17, 15) is 19.5 Å². The van der Waals surface area contributed by atoms with Gasteiger partial charge in [0.25, 0.3) is 0 Å². The van der Waals surface area contributed by atoms with Crippen molar-refractivity contribution in [2.45, 2.75) is 77.1 Å². The van der Waals surface area contributed by atoms with Gasteiger partial charge in [-0.1, -0.05) is 32.4 Å². The Labute approximate surface area is 183 Å². The van der Waals surface area contributed by atoms with Gasteiger partial charge < -0.3 is 14.6 Å². The predicted octanol–water partition coefficient (Wildman–Crippen LogP) is 2.93. The number of Topliss-reactive ketones (excluding diaryl/α,β-unsaturated/α-hetero) is 1. The van der Waals surface area contributed by atoms with Crippen LogP contribution in [0.5, 0.6) is 0 Å². The minimum Gasteiger partial charge on any atom is -0.458 e. The van der Waals surface area contributed by atoms with Crippen LogP contribution in [0.4, 0.5) is 0 Å². The van der Waals surface area contributed by atoms with E-state index in [2.05, 4.69) is 6.92 Å². The van der Waals surface area contributed by atoms with E-state index in [-0.39, 0.29) is 53.7 Å². The molecule has 0 aromatic rings. The van der Waals surface area contributed by atoms with E-state index in [1.165, 1.54) is 0 Å². The second-order valence-corrected chi connectivity index (χ2v) is 10.7. The number of allylic oxidation sites excluding steroid dienone is 2. The smallest absolute Gasteiger partial charge is 0.305 e. The van der Waals surface area contributed by atoms with Crippen molar-refractivity contribution in [1.29, 1.82) is 0 Å². The highest BCUT2D eigenvalue weighted by molar-refractivity contribution is 6.01. The van der Waals surface area contributed by atoms with Crippen LogP contribution in [0, 0.1) is 28.6 Å². The molecule has 0 aromatic heterocycles. The fourth-order valence-electron chi connectivity index (χ4n) is 7.94. The van der Waals surface area contributed by atoms with Crippen LogP contribution >= 0.6 is 0 Å². The molecule has 0 aromatic carbocycles. The molecule has 6 nitrogen and oxygen atoms in total. The summed E-state index contributed by atoms with van der Waals surface area (Å²) in [4.78, 5) is 36.8. The Morgan fingerprint density at radius 2 is 2.03 bits per heavy atom. The predicted molar refractivity (Wildman–Crippen MR) is 112 cm³/mol. The van der Waals surface area contributed by atoms with Crippen molar-refractivity contribution in [3.8, 4) is 0 Å². The number of rotatable bonds is 4. The van der Waals surface area contributed by atoms with Crippen LogP contribution in [0.1, 0.15) is 59.8 Å². The average molecular weight is 429 g/mol. The largest absolute Gasteiger partial charge is 0.458 e. The van der Waals surface area contributed by atoms with Gasteiger partial charge in [-0.3, -0.25) is 14.4 Å². The number of esters is 1. The molecule has 4 fully saturated rings. The van der Waals surface area contributed by atoms with Crippen molar-refractivity contribution in [1.82, 2.24) is 0 Å². The van der Waals surface area contributed by atoms with Crippen molar-refractivity contribution < 1.29 is 29.0 Å². The number of carbonyl (C=O) groups excluding carboxylic acids is 3. The average Bonchev–Trinajstić information content (AvgIpc) is 3.42. The minimum atomic E-state index is -1.54. The maximum Gasteiger partial charge on any atom is 0.305 e. The van der Waals surface area contributed by atoms with Crippen LogP contribution < -0.4 is 0 Å². The van der Waals surface area contributed by atoms with Gasteiger partial charge in [0.1, 0.15) is 11.2 Å². The van der Waals surface area contributed by atoms with Crippen LogP contribution in [0.2, 0.25) is 0 Å². The molecular weight excluding hydrogens is 396 g/mol. The van der Waals surface area contributed by atoms with Gasteiger partial charge in [0.2, 0.25) is 5.78 Å². The first-order valence-electron chi connectivity index (χ1n) is 11.6. The summed E-state index contributed by atoms with van der Waals surface area (Å²) in [7, 11) is 0. The summed E-state index contributed by atoms with van der Waals surface area (Å²) in [5, 5.41) is 11.9. The van der Waals surface area contributed by atoms with Crippen molar-refractivity contribution in [2.24, 2.45) is 28.6 Å². The Morgan fingerprint density at radius 3 is 2.74 bits per heavy atom. The molecule has 1 aliphatic heterocycles. The zero-order valence-corrected chi connectivity index (χ0v) is 18.8. The lowest BCUT2D eigenvalue weighted by atomic mass is 9.46. The standard InChI is InChI=1S/C25H32O6/c1-5-21(28)30-13-19(27)24(29)14(2)10-18-17-7-6-15-11-16(26)8-9-22(15,3)25(17)20(31-25)12-23(18,24)4/h8-9,11,14,17-18,20,29H,5-7,10,12-13H2,1-4H3/t14-,17-,18-,20-,22-,23-,24-,25+/m0/s1. The molecule has 0 unspecified atom stereocenters. The summed E-state index contributed by atoms with van der Waals surface area (Å²) in [6, 6.07) is 0. The zero-order chi connectivity index (χ0) is 22.4. The summed E-state index contributed by atoms with van der Waals surface area (Å²) in [5.74, 6) is -0.684. The molecular formula is C25H32O6. The van der Waals surface area contributed by atoms with Crippen molar-refractivity contribution in [3.05, 3.63) is 23.8 Å². The molecule has 1 spiro atoms. The third-order valence-electron chi connectivity index (χ3n) is 9.59. The molecule has 1 heterocycles. The van der Waals surface area contributed by atoms with Crippen LogP contribution in [0.25, 0.3) is 0 Å².